The molecule has 0 aromatic heterocycles. The van der Waals surface area contributed by atoms with Crippen LogP contribution in [-0.4, -0.2) is 31.0 Å². The molecule has 0 unspecified atom stereocenters. The summed E-state index contributed by atoms with van der Waals surface area (Å²) in [5.74, 6) is 0. The molecule has 72 valence electrons. The van der Waals surface area contributed by atoms with E-state index in [1.165, 1.54) is 0 Å². The van der Waals surface area contributed by atoms with Gasteiger partial charge in [0.05, 0.1) is 0 Å². The molecule has 2 heterocycles. The van der Waals surface area contributed by atoms with Gasteiger partial charge in [0.2, 0.25) is 0 Å². The first-order valence-corrected chi connectivity index (χ1v) is 4.30. The van der Waals surface area contributed by atoms with E-state index in [0.717, 1.165) is 25.9 Å². The van der Waals surface area contributed by atoms with Crippen LogP contribution in [0.15, 0.2) is 34.3 Å². The van der Waals surface area contributed by atoms with Crippen molar-refractivity contribution < 1.29 is 5.48 Å². The van der Waals surface area contributed by atoms with Crippen molar-refractivity contribution in [3.63, 3.8) is 0 Å². The molecule has 3 heteroatoms. The molecule has 2 aliphatic rings. The van der Waals surface area contributed by atoms with E-state index in [2.05, 4.69) is 22.1 Å². The van der Waals surface area contributed by atoms with E-state index in [1.54, 1.807) is 0 Å². The Kier molecular flexibility index (Phi) is 8.04. The molecule has 0 bridgehead atoms. The quantitative estimate of drug-likeness (QED) is 0.538. The Morgan fingerprint density at radius 2 is 1.23 bits per heavy atom. The van der Waals surface area contributed by atoms with E-state index in [0.29, 0.717) is 0 Å². The van der Waals surface area contributed by atoms with Crippen LogP contribution in [0, 0.1) is 0 Å². The summed E-state index contributed by atoms with van der Waals surface area (Å²) in [6.07, 6.45) is 14.1. The van der Waals surface area contributed by atoms with E-state index in [4.69, 9.17) is 0 Å². The largest absolute Gasteiger partial charge is 0.412 e. The van der Waals surface area contributed by atoms with E-state index < -0.39 is 0 Å². The maximum Gasteiger partial charge on any atom is 0.0423 e. The van der Waals surface area contributed by atoms with Crippen LogP contribution < -0.4 is 0 Å². The van der Waals surface area contributed by atoms with Gasteiger partial charge in [-0.15, -0.1) is 0 Å². The van der Waals surface area contributed by atoms with Crippen LogP contribution in [0.5, 0.6) is 0 Å². The lowest BCUT2D eigenvalue weighted by atomic mass is 10.3. The maximum absolute atomic E-state index is 3.97. The van der Waals surface area contributed by atoms with Crippen molar-refractivity contribution >= 4 is 12.4 Å². The summed E-state index contributed by atoms with van der Waals surface area (Å²) < 4.78 is 0. The fourth-order valence-corrected chi connectivity index (χ4v) is 0.883. The van der Waals surface area contributed by atoms with Gasteiger partial charge in [-0.25, -0.2) is 0 Å². The standard InChI is InChI=1S/2C5H7N.H2O/c2*1-2-4-6-5-3-1;/h2*1-2,4H,3,5H2;1H2. The fraction of sp³-hybridized carbons (Fsp3) is 0.400. The second-order valence-electron chi connectivity index (χ2n) is 2.54. The zero-order valence-electron chi connectivity index (χ0n) is 7.69. The predicted molar refractivity (Wildman–Crippen MR) is 57.8 cm³/mol. The molecule has 2 N–H and O–H groups in total. The summed E-state index contributed by atoms with van der Waals surface area (Å²) in [5.41, 5.74) is 0. The Bertz CT molecular complexity index is 169. The summed E-state index contributed by atoms with van der Waals surface area (Å²) in [5, 5.41) is 0. The number of dihydropyridines is 2. The molecule has 0 saturated carbocycles. The number of nitrogens with zero attached hydrogens (tertiary/aromatic N) is 2. The molecule has 0 radical (unpaired) electrons. The summed E-state index contributed by atoms with van der Waals surface area (Å²) in [6, 6.07) is 0. The van der Waals surface area contributed by atoms with Crippen molar-refractivity contribution in [3.8, 4) is 0 Å². The third-order valence-corrected chi connectivity index (χ3v) is 1.50. The molecule has 0 spiro atoms. The van der Waals surface area contributed by atoms with Gasteiger partial charge >= 0.3 is 0 Å². The Labute approximate surface area is 78.9 Å². The van der Waals surface area contributed by atoms with Crippen molar-refractivity contribution in [1.29, 1.82) is 0 Å². The molecule has 0 saturated heterocycles. The van der Waals surface area contributed by atoms with Crippen molar-refractivity contribution in [2.45, 2.75) is 12.8 Å². The van der Waals surface area contributed by atoms with Crippen LogP contribution in [0.25, 0.3) is 0 Å². The Hall–Kier alpha value is -1.22. The average molecular weight is 180 g/mol. The highest BCUT2D eigenvalue weighted by atomic mass is 16.0. The van der Waals surface area contributed by atoms with E-state index >= 15 is 0 Å². The normalized spacial score (nSPS) is 17.2. The van der Waals surface area contributed by atoms with Crippen LogP contribution in [0.2, 0.25) is 0 Å². The highest BCUT2D eigenvalue weighted by Crippen LogP contribution is 1.87. The minimum absolute atomic E-state index is 0. The third kappa shape index (κ3) is 7.15. The van der Waals surface area contributed by atoms with Crippen LogP contribution in [-0.2, 0) is 0 Å². The Morgan fingerprint density at radius 3 is 1.31 bits per heavy atom. The molecule has 0 atom stereocenters. The number of hydrogen-bond donors (Lipinski definition) is 0. The third-order valence-electron chi connectivity index (χ3n) is 1.50. The zero-order chi connectivity index (χ0) is 8.49. The van der Waals surface area contributed by atoms with Crippen LogP contribution in [0.1, 0.15) is 12.8 Å². The Balaban J connectivity index is 0.000000206. The van der Waals surface area contributed by atoms with Gasteiger partial charge in [0.15, 0.2) is 0 Å². The van der Waals surface area contributed by atoms with Gasteiger partial charge in [-0.05, 0) is 25.0 Å². The topological polar surface area (TPSA) is 56.2 Å². The lowest BCUT2D eigenvalue weighted by Crippen LogP contribution is -1.81. The van der Waals surface area contributed by atoms with E-state index in [-0.39, 0.29) is 5.48 Å². The molecular formula is C10H16N2O. The molecule has 2 aliphatic heterocycles. The highest BCUT2D eigenvalue weighted by Gasteiger charge is 1.78. The first-order chi connectivity index (χ1) is 6.00. The van der Waals surface area contributed by atoms with Gasteiger partial charge in [-0.2, -0.15) is 0 Å². The first-order valence-electron chi connectivity index (χ1n) is 4.30. The van der Waals surface area contributed by atoms with Gasteiger partial charge in [-0.1, -0.05) is 12.2 Å². The molecule has 2 rings (SSSR count). The van der Waals surface area contributed by atoms with Crippen molar-refractivity contribution in [1.82, 2.24) is 0 Å². The molecule has 0 aromatic rings. The van der Waals surface area contributed by atoms with Crippen molar-refractivity contribution in [2.24, 2.45) is 9.98 Å². The number of hydrogen-bond acceptors (Lipinski definition) is 2. The van der Waals surface area contributed by atoms with Gasteiger partial charge in [-0.3, -0.25) is 9.98 Å². The Morgan fingerprint density at radius 1 is 0.769 bits per heavy atom. The molecule has 0 aromatic carbocycles. The smallest absolute Gasteiger partial charge is 0.0423 e. The molecule has 3 nitrogen and oxygen atoms in total. The second kappa shape index (κ2) is 8.87. The summed E-state index contributed by atoms with van der Waals surface area (Å²) in [6.45, 7) is 1.97. The van der Waals surface area contributed by atoms with Crippen LogP contribution in [0.4, 0.5) is 0 Å². The minimum atomic E-state index is 0. The number of aliphatic imine (C=N–C) groups is 2. The molecule has 13 heavy (non-hydrogen) atoms. The minimum Gasteiger partial charge on any atom is -0.412 e. The average Bonchev–Trinajstić information content (AvgIpc) is 2.24. The molecule has 0 fully saturated rings. The number of rotatable bonds is 0. The van der Waals surface area contributed by atoms with Gasteiger partial charge in [0.1, 0.15) is 0 Å². The van der Waals surface area contributed by atoms with Crippen LogP contribution >= 0.6 is 0 Å². The first kappa shape index (κ1) is 11.8. The maximum atomic E-state index is 3.97. The molecule has 0 aliphatic carbocycles. The van der Waals surface area contributed by atoms with E-state index in [9.17, 15) is 0 Å². The fourth-order valence-electron chi connectivity index (χ4n) is 0.883. The van der Waals surface area contributed by atoms with Crippen LogP contribution in [0.3, 0.4) is 0 Å². The van der Waals surface area contributed by atoms with Gasteiger partial charge in [0, 0.05) is 25.5 Å². The van der Waals surface area contributed by atoms with Gasteiger partial charge in [0.25, 0.3) is 0 Å². The lowest BCUT2D eigenvalue weighted by molar-refractivity contribution is 0.824. The molecular weight excluding hydrogens is 164 g/mol. The van der Waals surface area contributed by atoms with Gasteiger partial charge < -0.3 is 5.48 Å². The van der Waals surface area contributed by atoms with Crippen molar-refractivity contribution in [3.05, 3.63) is 24.3 Å². The van der Waals surface area contributed by atoms with E-state index in [1.807, 2.05) is 24.6 Å². The summed E-state index contributed by atoms with van der Waals surface area (Å²) in [4.78, 5) is 7.93. The summed E-state index contributed by atoms with van der Waals surface area (Å²) in [7, 11) is 0. The monoisotopic (exact) mass is 180 g/mol. The predicted octanol–water partition coefficient (Wildman–Crippen LogP) is 1.21. The second-order valence-corrected chi connectivity index (χ2v) is 2.54. The summed E-state index contributed by atoms with van der Waals surface area (Å²) >= 11 is 0. The lowest BCUT2D eigenvalue weighted by Gasteiger charge is -1.88. The van der Waals surface area contributed by atoms with Crippen molar-refractivity contribution in [2.75, 3.05) is 13.1 Å². The molecule has 0 amide bonds. The zero-order valence-corrected chi connectivity index (χ0v) is 7.69. The SMILES string of the molecule is C1=CCCN=C1.C1=CCCN=C1.O. The highest BCUT2D eigenvalue weighted by molar-refractivity contribution is 5.71. The number of allylic oxidation sites excluding steroid dienone is 2.